The third-order valence-electron chi connectivity index (χ3n) is 3.17. The van der Waals surface area contributed by atoms with Crippen molar-refractivity contribution in [2.45, 2.75) is 25.0 Å². The molecule has 2 rings (SSSR count). The van der Waals surface area contributed by atoms with Crippen LogP contribution in [-0.4, -0.2) is 29.1 Å². The summed E-state index contributed by atoms with van der Waals surface area (Å²) in [4.78, 5) is 28.6. The van der Waals surface area contributed by atoms with Gasteiger partial charge in [0.2, 0.25) is 5.78 Å². The molecule has 22 heavy (non-hydrogen) atoms. The van der Waals surface area contributed by atoms with Gasteiger partial charge in [0, 0.05) is 11.8 Å². The monoisotopic (exact) mass is 315 g/mol. The Balaban J connectivity index is 2.11. The Bertz CT molecular complexity index is 683. The molecule has 1 aromatic heterocycles. The minimum atomic E-state index is -0.842. The number of thioether (sulfide) groups is 1. The Morgan fingerprint density at radius 3 is 2.50 bits per heavy atom. The van der Waals surface area contributed by atoms with Gasteiger partial charge in [-0.05, 0) is 32.2 Å². The molecule has 0 aliphatic carbocycles. The van der Waals surface area contributed by atoms with Crippen LogP contribution in [0.25, 0.3) is 0 Å². The number of ketones is 1. The van der Waals surface area contributed by atoms with Crippen molar-refractivity contribution in [3.8, 4) is 0 Å². The smallest absolute Gasteiger partial charge is 0.341 e. The van der Waals surface area contributed by atoms with E-state index >= 15 is 0 Å². The van der Waals surface area contributed by atoms with E-state index in [1.54, 1.807) is 37.4 Å². The normalized spacial score (nSPS) is 11.8. The first-order chi connectivity index (χ1) is 10.5. The molecule has 0 saturated heterocycles. The van der Waals surface area contributed by atoms with Crippen molar-refractivity contribution in [1.29, 1.82) is 0 Å². The highest BCUT2D eigenvalue weighted by Gasteiger charge is 2.22. The van der Waals surface area contributed by atoms with E-state index in [-0.39, 0.29) is 5.78 Å². The van der Waals surface area contributed by atoms with Crippen LogP contribution in [0, 0.1) is 6.92 Å². The number of esters is 1. The average molecular weight is 315 g/mol. The first kappa shape index (κ1) is 16.2. The third-order valence-corrected chi connectivity index (χ3v) is 3.89. The minimum absolute atomic E-state index is 0.219. The molecule has 0 amide bonds. The van der Waals surface area contributed by atoms with Gasteiger partial charge in [-0.2, -0.15) is 0 Å². The van der Waals surface area contributed by atoms with Gasteiger partial charge in [-0.25, -0.2) is 9.78 Å². The highest BCUT2D eigenvalue weighted by Crippen LogP contribution is 2.19. The standard InChI is InChI=1S/C17H17NO3S/c1-11-6-8-13(9-7-11)15(19)12(2)21-17(20)14-5-4-10-18-16(14)22-3/h4-10,12H,1-3H3/t12-/m0/s1. The van der Waals surface area contributed by atoms with Crippen molar-refractivity contribution in [1.82, 2.24) is 4.98 Å². The number of ether oxygens (including phenoxy) is 1. The second kappa shape index (κ2) is 7.22. The molecule has 114 valence electrons. The first-order valence-electron chi connectivity index (χ1n) is 6.83. The molecule has 1 aromatic carbocycles. The van der Waals surface area contributed by atoms with Crippen molar-refractivity contribution < 1.29 is 14.3 Å². The van der Waals surface area contributed by atoms with Crippen molar-refractivity contribution in [2.24, 2.45) is 0 Å². The zero-order chi connectivity index (χ0) is 16.1. The van der Waals surface area contributed by atoms with Gasteiger partial charge in [-0.1, -0.05) is 29.8 Å². The second-order valence-corrected chi connectivity index (χ2v) is 5.63. The lowest BCUT2D eigenvalue weighted by Gasteiger charge is -2.13. The van der Waals surface area contributed by atoms with E-state index in [0.717, 1.165) is 5.56 Å². The predicted molar refractivity (Wildman–Crippen MR) is 86.4 cm³/mol. The Morgan fingerprint density at radius 2 is 1.86 bits per heavy atom. The van der Waals surface area contributed by atoms with Gasteiger partial charge in [0.1, 0.15) is 5.03 Å². The molecule has 0 aliphatic rings. The summed E-state index contributed by atoms with van der Waals surface area (Å²) >= 11 is 1.36. The maximum Gasteiger partial charge on any atom is 0.341 e. The Labute approximate surface area is 133 Å². The average Bonchev–Trinajstić information content (AvgIpc) is 2.54. The summed E-state index contributed by atoms with van der Waals surface area (Å²) in [6.45, 7) is 3.53. The topological polar surface area (TPSA) is 56.3 Å². The number of carbonyl (C=O) groups is 2. The number of hydrogen-bond donors (Lipinski definition) is 0. The van der Waals surface area contributed by atoms with E-state index in [4.69, 9.17) is 4.74 Å². The van der Waals surface area contributed by atoms with Gasteiger partial charge in [-0.3, -0.25) is 4.79 Å². The number of pyridine rings is 1. The number of rotatable bonds is 5. The minimum Gasteiger partial charge on any atom is -0.451 e. The molecule has 0 spiro atoms. The molecule has 4 nitrogen and oxygen atoms in total. The van der Waals surface area contributed by atoms with Crippen LogP contribution in [-0.2, 0) is 4.74 Å². The third kappa shape index (κ3) is 3.74. The van der Waals surface area contributed by atoms with E-state index in [9.17, 15) is 9.59 Å². The van der Waals surface area contributed by atoms with Gasteiger partial charge < -0.3 is 4.74 Å². The highest BCUT2D eigenvalue weighted by atomic mass is 32.2. The largest absolute Gasteiger partial charge is 0.451 e. The Morgan fingerprint density at radius 1 is 1.18 bits per heavy atom. The summed E-state index contributed by atoms with van der Waals surface area (Å²) in [7, 11) is 0. The highest BCUT2D eigenvalue weighted by molar-refractivity contribution is 7.98. The SMILES string of the molecule is CSc1ncccc1C(=O)O[C@@H](C)C(=O)c1ccc(C)cc1. The molecule has 0 fully saturated rings. The van der Waals surface area contributed by atoms with Crippen molar-refractivity contribution in [3.05, 3.63) is 59.3 Å². The zero-order valence-corrected chi connectivity index (χ0v) is 13.5. The predicted octanol–water partition coefficient (Wildman–Crippen LogP) is 3.54. The quantitative estimate of drug-likeness (QED) is 0.480. The van der Waals surface area contributed by atoms with E-state index in [0.29, 0.717) is 16.2 Å². The molecule has 0 N–H and O–H groups in total. The van der Waals surface area contributed by atoms with Crippen LogP contribution in [0.1, 0.15) is 33.2 Å². The second-order valence-electron chi connectivity index (χ2n) is 4.84. The van der Waals surface area contributed by atoms with E-state index in [1.807, 2.05) is 25.3 Å². The van der Waals surface area contributed by atoms with Crippen LogP contribution in [0.4, 0.5) is 0 Å². The number of Topliss-reactive ketones (excluding diaryl/α,β-unsaturated/α-hetero) is 1. The van der Waals surface area contributed by atoms with Gasteiger partial charge in [0.05, 0.1) is 5.56 Å². The summed E-state index contributed by atoms with van der Waals surface area (Å²) in [5.74, 6) is -0.756. The van der Waals surface area contributed by atoms with Crippen LogP contribution in [0.5, 0.6) is 0 Å². The maximum absolute atomic E-state index is 12.3. The van der Waals surface area contributed by atoms with E-state index < -0.39 is 12.1 Å². The van der Waals surface area contributed by atoms with Crippen molar-refractivity contribution in [2.75, 3.05) is 6.26 Å². The molecule has 1 heterocycles. The van der Waals surface area contributed by atoms with Crippen molar-refractivity contribution >= 4 is 23.5 Å². The molecule has 0 radical (unpaired) electrons. The van der Waals surface area contributed by atoms with Gasteiger partial charge in [0.15, 0.2) is 6.10 Å². The zero-order valence-electron chi connectivity index (χ0n) is 12.7. The number of benzene rings is 1. The number of aromatic nitrogens is 1. The van der Waals surface area contributed by atoms with Gasteiger partial charge in [-0.15, -0.1) is 11.8 Å². The number of aryl methyl sites for hydroxylation is 1. The lowest BCUT2D eigenvalue weighted by Crippen LogP contribution is -2.24. The lowest BCUT2D eigenvalue weighted by molar-refractivity contribution is 0.0314. The number of nitrogens with zero attached hydrogens (tertiary/aromatic N) is 1. The lowest BCUT2D eigenvalue weighted by atomic mass is 10.1. The fourth-order valence-electron chi connectivity index (χ4n) is 1.94. The van der Waals surface area contributed by atoms with Crippen LogP contribution in [0.2, 0.25) is 0 Å². The summed E-state index contributed by atoms with van der Waals surface area (Å²) in [5, 5.41) is 0.586. The Hall–Kier alpha value is -2.14. The molecular formula is C17H17NO3S. The molecule has 1 atom stereocenters. The van der Waals surface area contributed by atoms with Crippen molar-refractivity contribution in [3.63, 3.8) is 0 Å². The van der Waals surface area contributed by atoms with Crippen LogP contribution >= 0.6 is 11.8 Å². The summed E-state index contributed by atoms with van der Waals surface area (Å²) < 4.78 is 5.28. The molecule has 2 aromatic rings. The molecular weight excluding hydrogens is 298 g/mol. The fourth-order valence-corrected chi connectivity index (χ4v) is 2.48. The maximum atomic E-state index is 12.3. The molecule has 0 unspecified atom stereocenters. The van der Waals surface area contributed by atoms with Gasteiger partial charge >= 0.3 is 5.97 Å². The summed E-state index contributed by atoms with van der Waals surface area (Å²) in [6.07, 6.45) is 2.61. The fraction of sp³-hybridized carbons (Fsp3) is 0.235. The molecule has 0 saturated carbocycles. The first-order valence-corrected chi connectivity index (χ1v) is 8.06. The Kier molecular flexibility index (Phi) is 5.33. The molecule has 0 aliphatic heterocycles. The van der Waals surface area contributed by atoms with Crippen LogP contribution < -0.4 is 0 Å². The van der Waals surface area contributed by atoms with Crippen LogP contribution in [0.15, 0.2) is 47.6 Å². The number of hydrogen-bond acceptors (Lipinski definition) is 5. The van der Waals surface area contributed by atoms with Crippen LogP contribution in [0.3, 0.4) is 0 Å². The number of carbonyl (C=O) groups excluding carboxylic acids is 2. The summed E-state index contributed by atoms with van der Waals surface area (Å²) in [5.41, 5.74) is 1.97. The van der Waals surface area contributed by atoms with E-state index in [1.165, 1.54) is 11.8 Å². The molecule has 5 heteroatoms. The molecule has 0 bridgehead atoms. The van der Waals surface area contributed by atoms with Gasteiger partial charge in [0.25, 0.3) is 0 Å². The van der Waals surface area contributed by atoms with E-state index in [2.05, 4.69) is 4.98 Å². The summed E-state index contributed by atoms with van der Waals surface area (Å²) in [6, 6.07) is 10.5.